The van der Waals surface area contributed by atoms with Crippen molar-refractivity contribution in [1.29, 1.82) is 0 Å². The van der Waals surface area contributed by atoms with Gasteiger partial charge in [-0.05, 0) is 43.5 Å². The van der Waals surface area contributed by atoms with Crippen molar-refractivity contribution in [2.45, 2.75) is 26.2 Å². The Morgan fingerprint density at radius 1 is 0.917 bits per heavy atom. The van der Waals surface area contributed by atoms with Crippen molar-refractivity contribution in [3.8, 4) is 11.5 Å². The van der Waals surface area contributed by atoms with Crippen LogP contribution in [0.3, 0.4) is 0 Å². The Balaban J connectivity index is 1.49. The third-order valence-corrected chi connectivity index (χ3v) is 3.55. The third kappa shape index (κ3) is 6.73. The molecule has 1 N–H and O–H groups in total. The Morgan fingerprint density at radius 3 is 2.42 bits per heavy atom. The fourth-order valence-electron chi connectivity index (χ4n) is 2.23. The zero-order valence-electron chi connectivity index (χ0n) is 14.2. The molecule has 4 heteroatoms. The molecule has 0 heterocycles. The van der Waals surface area contributed by atoms with Crippen LogP contribution >= 0.6 is 0 Å². The fourth-order valence-corrected chi connectivity index (χ4v) is 2.23. The Hall–Kier alpha value is -2.49. The van der Waals surface area contributed by atoms with Gasteiger partial charge in [-0.25, -0.2) is 0 Å². The van der Waals surface area contributed by atoms with E-state index in [2.05, 4.69) is 5.32 Å². The molecule has 24 heavy (non-hydrogen) atoms. The number of carbonyl (C=O) groups is 1. The van der Waals surface area contributed by atoms with Crippen LogP contribution in [-0.2, 0) is 4.79 Å². The smallest absolute Gasteiger partial charge is 0.220 e. The molecule has 0 atom stereocenters. The highest BCUT2D eigenvalue weighted by Gasteiger charge is 2.02. The second-order valence-electron chi connectivity index (χ2n) is 5.58. The quantitative estimate of drug-likeness (QED) is 0.676. The maximum absolute atomic E-state index is 11.7. The van der Waals surface area contributed by atoms with Crippen LogP contribution in [0.25, 0.3) is 0 Å². The lowest BCUT2D eigenvalue weighted by Crippen LogP contribution is -2.25. The Bertz CT molecular complexity index is 613. The number of amides is 1. The van der Waals surface area contributed by atoms with E-state index in [4.69, 9.17) is 9.47 Å². The van der Waals surface area contributed by atoms with E-state index in [1.807, 2.05) is 61.5 Å². The normalized spacial score (nSPS) is 10.2. The molecule has 0 spiro atoms. The predicted octanol–water partition coefficient (Wildman–Crippen LogP) is 3.74. The average Bonchev–Trinajstić information content (AvgIpc) is 2.61. The number of benzene rings is 2. The molecule has 2 aromatic rings. The molecule has 0 saturated heterocycles. The lowest BCUT2D eigenvalue weighted by atomic mass is 10.2. The van der Waals surface area contributed by atoms with Crippen LogP contribution in [0.2, 0.25) is 0 Å². The maximum Gasteiger partial charge on any atom is 0.220 e. The fraction of sp³-hybridized carbons (Fsp3) is 0.350. The van der Waals surface area contributed by atoms with Crippen molar-refractivity contribution in [3.05, 3.63) is 60.2 Å². The number of para-hydroxylation sites is 2. The van der Waals surface area contributed by atoms with Gasteiger partial charge in [0.05, 0.1) is 13.2 Å². The van der Waals surface area contributed by atoms with Crippen LogP contribution in [0.15, 0.2) is 54.6 Å². The Morgan fingerprint density at radius 2 is 1.62 bits per heavy atom. The van der Waals surface area contributed by atoms with Gasteiger partial charge in [-0.3, -0.25) is 4.79 Å². The highest BCUT2D eigenvalue weighted by atomic mass is 16.5. The average molecular weight is 327 g/mol. The molecule has 0 bridgehead atoms. The number of ether oxygens (including phenoxy) is 2. The number of rotatable bonds is 10. The summed E-state index contributed by atoms with van der Waals surface area (Å²) in [6.45, 7) is 3.79. The molecule has 128 valence electrons. The summed E-state index contributed by atoms with van der Waals surface area (Å²) in [5.74, 6) is 1.80. The van der Waals surface area contributed by atoms with Crippen LogP contribution < -0.4 is 14.8 Å². The van der Waals surface area contributed by atoms with Crippen molar-refractivity contribution >= 4 is 5.91 Å². The summed E-state index contributed by atoms with van der Waals surface area (Å²) in [6, 6.07) is 17.6. The first kappa shape index (κ1) is 17.9. The molecule has 0 saturated carbocycles. The topological polar surface area (TPSA) is 47.6 Å². The van der Waals surface area contributed by atoms with Crippen LogP contribution in [0.4, 0.5) is 0 Å². The molecule has 4 nitrogen and oxygen atoms in total. The van der Waals surface area contributed by atoms with Gasteiger partial charge in [0, 0.05) is 13.0 Å². The number of aryl methyl sites for hydroxylation is 1. The largest absolute Gasteiger partial charge is 0.494 e. The molecule has 0 unspecified atom stereocenters. The number of hydrogen-bond donors (Lipinski definition) is 1. The van der Waals surface area contributed by atoms with Crippen molar-refractivity contribution in [2.75, 3.05) is 19.8 Å². The van der Waals surface area contributed by atoms with E-state index in [1.54, 1.807) is 0 Å². The molecule has 0 radical (unpaired) electrons. The Kier molecular flexibility index (Phi) is 7.68. The SMILES string of the molecule is Cc1ccccc1OCCCC(=O)NCCCOc1ccccc1. The van der Waals surface area contributed by atoms with Crippen molar-refractivity contribution < 1.29 is 14.3 Å². The van der Waals surface area contributed by atoms with Gasteiger partial charge in [-0.15, -0.1) is 0 Å². The molecule has 2 aromatic carbocycles. The molecular formula is C20H25NO3. The van der Waals surface area contributed by atoms with Crippen molar-refractivity contribution in [1.82, 2.24) is 5.32 Å². The lowest BCUT2D eigenvalue weighted by Gasteiger charge is -2.09. The summed E-state index contributed by atoms with van der Waals surface area (Å²) in [7, 11) is 0. The Labute approximate surface area is 143 Å². The second-order valence-corrected chi connectivity index (χ2v) is 5.58. The van der Waals surface area contributed by atoms with Gasteiger partial charge in [-0.2, -0.15) is 0 Å². The van der Waals surface area contributed by atoms with Gasteiger partial charge >= 0.3 is 0 Å². The summed E-state index contributed by atoms with van der Waals surface area (Å²) in [4.78, 5) is 11.7. The van der Waals surface area contributed by atoms with E-state index in [9.17, 15) is 4.79 Å². The van der Waals surface area contributed by atoms with Crippen LogP contribution in [0.5, 0.6) is 11.5 Å². The molecule has 0 aromatic heterocycles. The first-order valence-corrected chi connectivity index (χ1v) is 8.38. The third-order valence-electron chi connectivity index (χ3n) is 3.55. The molecule has 1 amide bonds. The van der Waals surface area contributed by atoms with Gasteiger partial charge in [0.25, 0.3) is 0 Å². The van der Waals surface area contributed by atoms with Gasteiger partial charge < -0.3 is 14.8 Å². The second kappa shape index (κ2) is 10.3. The predicted molar refractivity (Wildman–Crippen MR) is 95.5 cm³/mol. The lowest BCUT2D eigenvalue weighted by molar-refractivity contribution is -0.121. The van der Waals surface area contributed by atoms with Crippen LogP contribution in [0.1, 0.15) is 24.8 Å². The zero-order chi connectivity index (χ0) is 17.0. The van der Waals surface area contributed by atoms with Gasteiger partial charge in [0.2, 0.25) is 5.91 Å². The van der Waals surface area contributed by atoms with Gasteiger partial charge in [-0.1, -0.05) is 36.4 Å². The van der Waals surface area contributed by atoms with Crippen LogP contribution in [-0.4, -0.2) is 25.7 Å². The summed E-state index contributed by atoms with van der Waals surface area (Å²) >= 11 is 0. The summed E-state index contributed by atoms with van der Waals surface area (Å²) in [5.41, 5.74) is 1.11. The maximum atomic E-state index is 11.7. The molecule has 0 aliphatic carbocycles. The van der Waals surface area contributed by atoms with E-state index in [0.29, 0.717) is 32.6 Å². The highest BCUT2D eigenvalue weighted by molar-refractivity contribution is 5.75. The first-order chi connectivity index (χ1) is 11.8. The number of carbonyl (C=O) groups excluding carboxylic acids is 1. The number of hydrogen-bond acceptors (Lipinski definition) is 3. The van der Waals surface area contributed by atoms with E-state index in [-0.39, 0.29) is 5.91 Å². The van der Waals surface area contributed by atoms with Crippen molar-refractivity contribution in [2.24, 2.45) is 0 Å². The molecule has 0 aliphatic heterocycles. The summed E-state index contributed by atoms with van der Waals surface area (Å²) < 4.78 is 11.3. The molecule has 0 fully saturated rings. The summed E-state index contributed by atoms with van der Waals surface area (Å²) in [6.07, 6.45) is 1.98. The van der Waals surface area contributed by atoms with E-state index < -0.39 is 0 Å². The molecule has 0 aliphatic rings. The van der Waals surface area contributed by atoms with E-state index in [0.717, 1.165) is 23.5 Å². The molecular weight excluding hydrogens is 302 g/mol. The van der Waals surface area contributed by atoms with Gasteiger partial charge in [0.15, 0.2) is 0 Å². The zero-order valence-corrected chi connectivity index (χ0v) is 14.2. The van der Waals surface area contributed by atoms with Crippen molar-refractivity contribution in [3.63, 3.8) is 0 Å². The first-order valence-electron chi connectivity index (χ1n) is 8.38. The van der Waals surface area contributed by atoms with Crippen LogP contribution in [0, 0.1) is 6.92 Å². The van der Waals surface area contributed by atoms with E-state index >= 15 is 0 Å². The monoisotopic (exact) mass is 327 g/mol. The standard InChI is InChI=1S/C20H25NO3/c1-17-9-5-6-12-19(17)24-15-7-13-20(22)21-14-8-16-23-18-10-3-2-4-11-18/h2-6,9-12H,7-8,13-16H2,1H3,(H,21,22). The summed E-state index contributed by atoms with van der Waals surface area (Å²) in [5, 5.41) is 2.90. The highest BCUT2D eigenvalue weighted by Crippen LogP contribution is 2.16. The minimum absolute atomic E-state index is 0.0584. The minimum Gasteiger partial charge on any atom is -0.494 e. The molecule has 2 rings (SSSR count). The van der Waals surface area contributed by atoms with Gasteiger partial charge in [0.1, 0.15) is 11.5 Å². The minimum atomic E-state index is 0.0584. The van der Waals surface area contributed by atoms with E-state index in [1.165, 1.54) is 0 Å². The number of nitrogens with one attached hydrogen (secondary N) is 1.